The van der Waals surface area contributed by atoms with Crippen LogP contribution < -0.4 is 5.32 Å². The second-order valence-electron chi connectivity index (χ2n) is 6.21. The lowest BCUT2D eigenvalue weighted by Gasteiger charge is -2.29. The van der Waals surface area contributed by atoms with Crippen LogP contribution in [0.3, 0.4) is 0 Å². The van der Waals surface area contributed by atoms with E-state index in [9.17, 15) is 20.2 Å². The fourth-order valence-corrected chi connectivity index (χ4v) is 2.18. The summed E-state index contributed by atoms with van der Waals surface area (Å²) < 4.78 is 0. The highest BCUT2D eigenvalue weighted by Gasteiger charge is 2.30. The second-order valence-corrected chi connectivity index (χ2v) is 6.21. The molecular formula is C17H24N4O3. The van der Waals surface area contributed by atoms with E-state index in [2.05, 4.69) is 11.4 Å². The van der Waals surface area contributed by atoms with Crippen LogP contribution in [0.15, 0.2) is 24.3 Å². The predicted molar refractivity (Wildman–Crippen MR) is 91.0 cm³/mol. The number of carbonyl (C=O) groups is 1. The summed E-state index contributed by atoms with van der Waals surface area (Å²) in [6, 6.07) is 8.63. The Morgan fingerprint density at radius 2 is 2.08 bits per heavy atom. The molecule has 0 aromatic heterocycles. The van der Waals surface area contributed by atoms with E-state index in [1.807, 2.05) is 20.8 Å². The molecule has 0 fully saturated rings. The SMILES string of the molecule is CCN(CC(=O)N[C@@](C)(C#N)C(C)C)Cc1ccccc1[N+](=O)[O-]. The van der Waals surface area contributed by atoms with Gasteiger partial charge in [-0.3, -0.25) is 19.8 Å². The molecule has 1 N–H and O–H groups in total. The molecule has 0 radical (unpaired) electrons. The van der Waals surface area contributed by atoms with Crippen molar-refractivity contribution < 1.29 is 9.72 Å². The summed E-state index contributed by atoms with van der Waals surface area (Å²) in [6.45, 7) is 8.24. The number of nitrogens with one attached hydrogen (secondary N) is 1. The van der Waals surface area contributed by atoms with Gasteiger partial charge in [-0.1, -0.05) is 39.0 Å². The topological polar surface area (TPSA) is 99.3 Å². The van der Waals surface area contributed by atoms with E-state index in [1.54, 1.807) is 30.0 Å². The Morgan fingerprint density at radius 3 is 2.58 bits per heavy atom. The zero-order valence-corrected chi connectivity index (χ0v) is 14.6. The van der Waals surface area contributed by atoms with Crippen molar-refractivity contribution in [2.45, 2.75) is 39.8 Å². The molecule has 0 heterocycles. The minimum atomic E-state index is -0.935. The maximum atomic E-state index is 12.3. The van der Waals surface area contributed by atoms with Crippen molar-refractivity contribution in [2.75, 3.05) is 13.1 Å². The van der Waals surface area contributed by atoms with E-state index in [4.69, 9.17) is 0 Å². The van der Waals surface area contributed by atoms with E-state index in [0.29, 0.717) is 18.7 Å². The van der Waals surface area contributed by atoms with E-state index in [-0.39, 0.29) is 24.1 Å². The third kappa shape index (κ3) is 5.03. The van der Waals surface area contributed by atoms with Crippen LogP contribution in [0.5, 0.6) is 0 Å². The Hall–Kier alpha value is -2.46. The Kier molecular flexibility index (Phi) is 6.86. The Balaban J connectivity index is 2.81. The number of amides is 1. The number of hydrogen-bond donors (Lipinski definition) is 1. The average molecular weight is 332 g/mol. The van der Waals surface area contributed by atoms with E-state index < -0.39 is 10.5 Å². The van der Waals surface area contributed by atoms with Gasteiger partial charge in [0.25, 0.3) is 5.69 Å². The molecule has 130 valence electrons. The quantitative estimate of drug-likeness (QED) is 0.582. The van der Waals surface area contributed by atoms with E-state index in [1.165, 1.54) is 6.07 Å². The van der Waals surface area contributed by atoms with Gasteiger partial charge < -0.3 is 5.32 Å². The lowest BCUT2D eigenvalue weighted by molar-refractivity contribution is -0.385. The van der Waals surface area contributed by atoms with Crippen molar-refractivity contribution in [3.63, 3.8) is 0 Å². The van der Waals surface area contributed by atoms with Crippen molar-refractivity contribution in [1.82, 2.24) is 10.2 Å². The maximum Gasteiger partial charge on any atom is 0.273 e. The van der Waals surface area contributed by atoms with Crippen molar-refractivity contribution >= 4 is 11.6 Å². The molecule has 0 unspecified atom stereocenters. The van der Waals surface area contributed by atoms with Gasteiger partial charge in [0.15, 0.2) is 0 Å². The van der Waals surface area contributed by atoms with Crippen LogP contribution >= 0.6 is 0 Å². The maximum absolute atomic E-state index is 12.3. The summed E-state index contributed by atoms with van der Waals surface area (Å²) in [5.74, 6) is -0.301. The average Bonchev–Trinajstić information content (AvgIpc) is 2.53. The number of likely N-dealkylation sites (N-methyl/N-ethyl adjacent to an activating group) is 1. The molecule has 1 rings (SSSR count). The molecule has 1 amide bonds. The lowest BCUT2D eigenvalue weighted by Crippen LogP contribution is -2.51. The number of nitro benzene ring substituents is 1. The van der Waals surface area contributed by atoms with Crippen molar-refractivity contribution in [3.8, 4) is 6.07 Å². The van der Waals surface area contributed by atoms with Crippen LogP contribution in [0.2, 0.25) is 0 Å². The lowest BCUT2D eigenvalue weighted by atomic mass is 9.90. The van der Waals surface area contributed by atoms with Gasteiger partial charge in [0.2, 0.25) is 5.91 Å². The molecule has 0 saturated carbocycles. The third-order valence-corrected chi connectivity index (χ3v) is 4.18. The molecule has 0 spiro atoms. The third-order valence-electron chi connectivity index (χ3n) is 4.18. The molecule has 1 aromatic carbocycles. The van der Waals surface area contributed by atoms with Gasteiger partial charge in [-0.2, -0.15) is 5.26 Å². The number of para-hydroxylation sites is 1. The molecule has 0 bridgehead atoms. The van der Waals surface area contributed by atoms with Gasteiger partial charge in [-0.15, -0.1) is 0 Å². The molecule has 0 aliphatic carbocycles. The monoisotopic (exact) mass is 332 g/mol. The summed E-state index contributed by atoms with van der Waals surface area (Å²) in [6.07, 6.45) is 0. The van der Waals surface area contributed by atoms with Crippen molar-refractivity contribution in [1.29, 1.82) is 5.26 Å². The number of nitriles is 1. The molecule has 0 aliphatic rings. The first-order chi connectivity index (χ1) is 11.2. The summed E-state index contributed by atoms with van der Waals surface area (Å²) in [7, 11) is 0. The van der Waals surface area contributed by atoms with E-state index in [0.717, 1.165) is 0 Å². The standard InChI is InChI=1S/C17H24N4O3/c1-5-20(10-14-8-6-7-9-15(14)21(23)24)11-16(22)19-17(4,12-18)13(2)3/h6-9,13H,5,10-11H2,1-4H3,(H,19,22)/t17-/m0/s1. The van der Waals surface area contributed by atoms with Crippen molar-refractivity contribution in [2.24, 2.45) is 5.92 Å². The zero-order valence-electron chi connectivity index (χ0n) is 14.6. The van der Waals surface area contributed by atoms with Crippen molar-refractivity contribution in [3.05, 3.63) is 39.9 Å². The zero-order chi connectivity index (χ0) is 18.3. The summed E-state index contributed by atoms with van der Waals surface area (Å²) in [5.41, 5.74) is -0.334. The highest BCUT2D eigenvalue weighted by atomic mass is 16.6. The van der Waals surface area contributed by atoms with Gasteiger partial charge in [0, 0.05) is 18.2 Å². The fourth-order valence-electron chi connectivity index (χ4n) is 2.18. The minimum absolute atomic E-state index is 0.0308. The Morgan fingerprint density at radius 1 is 1.46 bits per heavy atom. The Labute approximate surface area is 142 Å². The fraction of sp³-hybridized carbons (Fsp3) is 0.529. The number of hydrogen-bond acceptors (Lipinski definition) is 5. The Bertz CT molecular complexity index is 639. The number of nitro groups is 1. The molecular weight excluding hydrogens is 308 g/mol. The second kappa shape index (κ2) is 8.41. The van der Waals surface area contributed by atoms with Crippen LogP contribution in [-0.2, 0) is 11.3 Å². The highest BCUT2D eigenvalue weighted by Crippen LogP contribution is 2.19. The first-order valence-corrected chi connectivity index (χ1v) is 7.90. The van der Waals surface area contributed by atoms with Gasteiger partial charge in [-0.25, -0.2) is 0 Å². The number of nitrogens with zero attached hydrogens (tertiary/aromatic N) is 3. The normalized spacial score (nSPS) is 13.4. The molecule has 0 aliphatic heterocycles. The van der Waals surface area contributed by atoms with Crippen LogP contribution in [0.25, 0.3) is 0 Å². The highest BCUT2D eigenvalue weighted by molar-refractivity contribution is 5.79. The molecule has 7 nitrogen and oxygen atoms in total. The molecule has 1 aromatic rings. The molecule has 1 atom stereocenters. The van der Waals surface area contributed by atoms with Gasteiger partial charge in [0.1, 0.15) is 5.54 Å². The number of benzene rings is 1. The van der Waals surface area contributed by atoms with Crippen LogP contribution in [0.4, 0.5) is 5.69 Å². The van der Waals surface area contributed by atoms with Crippen LogP contribution in [0, 0.1) is 27.4 Å². The molecule has 0 saturated heterocycles. The summed E-state index contributed by atoms with van der Waals surface area (Å²) in [4.78, 5) is 24.7. The summed E-state index contributed by atoms with van der Waals surface area (Å²) >= 11 is 0. The molecule has 7 heteroatoms. The number of carbonyl (C=O) groups excluding carboxylic acids is 1. The van der Waals surface area contributed by atoms with E-state index >= 15 is 0 Å². The van der Waals surface area contributed by atoms with Gasteiger partial charge >= 0.3 is 0 Å². The van der Waals surface area contributed by atoms with Crippen LogP contribution in [-0.4, -0.2) is 34.4 Å². The smallest absolute Gasteiger partial charge is 0.273 e. The first-order valence-electron chi connectivity index (χ1n) is 7.90. The van der Waals surface area contributed by atoms with Crippen LogP contribution in [0.1, 0.15) is 33.3 Å². The summed E-state index contributed by atoms with van der Waals surface area (Å²) in [5, 5.41) is 23.1. The largest absolute Gasteiger partial charge is 0.337 e. The predicted octanol–water partition coefficient (Wildman–Crippen LogP) is 2.47. The molecule has 24 heavy (non-hydrogen) atoms. The van der Waals surface area contributed by atoms with Gasteiger partial charge in [-0.05, 0) is 19.4 Å². The minimum Gasteiger partial charge on any atom is -0.337 e. The van der Waals surface area contributed by atoms with Gasteiger partial charge in [0.05, 0.1) is 17.5 Å². The number of rotatable bonds is 8. The first kappa shape index (κ1) is 19.6.